The van der Waals surface area contributed by atoms with Crippen molar-refractivity contribution in [1.82, 2.24) is 24.7 Å². The lowest BCUT2D eigenvalue weighted by Gasteiger charge is -2.31. The maximum Gasteiger partial charge on any atom is 0.317 e. The number of likely N-dealkylation sites (tertiary alicyclic amines) is 1. The summed E-state index contributed by atoms with van der Waals surface area (Å²) < 4.78 is 6.98. The molecular formula is C17H27N5O4. The number of carbonyl (C=O) groups is 2. The molecular weight excluding hydrogens is 338 g/mol. The first-order chi connectivity index (χ1) is 12.6. The van der Waals surface area contributed by atoms with E-state index in [0.29, 0.717) is 58.7 Å². The summed E-state index contributed by atoms with van der Waals surface area (Å²) in [5.41, 5.74) is -0.980. The summed E-state index contributed by atoms with van der Waals surface area (Å²) in [6, 6.07) is -0.168. The number of hydrogen-bond acceptors (Lipinski definition) is 5. The normalized spacial score (nSPS) is 24.2. The molecule has 0 radical (unpaired) electrons. The molecule has 1 atom stereocenters. The van der Waals surface area contributed by atoms with Gasteiger partial charge in [-0.15, -0.1) is 0 Å². The Balaban J connectivity index is 1.47. The summed E-state index contributed by atoms with van der Waals surface area (Å²) in [6.45, 7) is 3.79. The van der Waals surface area contributed by atoms with E-state index in [9.17, 15) is 14.7 Å². The van der Waals surface area contributed by atoms with Gasteiger partial charge in [0.25, 0.3) is 0 Å². The molecule has 0 aromatic carbocycles. The van der Waals surface area contributed by atoms with Crippen molar-refractivity contribution in [3.63, 3.8) is 0 Å². The van der Waals surface area contributed by atoms with Gasteiger partial charge in [0, 0.05) is 45.1 Å². The molecule has 0 unspecified atom stereocenters. The number of imidazole rings is 1. The number of aliphatic hydroxyl groups is 1. The number of aromatic nitrogens is 2. The highest BCUT2D eigenvalue weighted by molar-refractivity contribution is 5.76. The predicted octanol–water partition coefficient (Wildman–Crippen LogP) is -0.331. The first-order valence-corrected chi connectivity index (χ1v) is 9.12. The van der Waals surface area contributed by atoms with Crippen LogP contribution in [-0.4, -0.2) is 87.9 Å². The third kappa shape index (κ3) is 4.95. The quantitative estimate of drug-likeness (QED) is 0.761. The summed E-state index contributed by atoms with van der Waals surface area (Å²) >= 11 is 0. The van der Waals surface area contributed by atoms with Gasteiger partial charge in [-0.3, -0.25) is 4.79 Å². The summed E-state index contributed by atoms with van der Waals surface area (Å²) in [5.74, 6) is 0.0182. The van der Waals surface area contributed by atoms with Crippen LogP contribution in [0.15, 0.2) is 18.7 Å². The zero-order chi connectivity index (χ0) is 18.4. The number of hydrogen-bond donors (Lipinski definition) is 2. The fraction of sp³-hybridized carbons (Fsp3) is 0.706. The fourth-order valence-electron chi connectivity index (χ4n) is 3.36. The van der Waals surface area contributed by atoms with Crippen molar-refractivity contribution in [2.45, 2.75) is 31.4 Å². The lowest BCUT2D eigenvalue weighted by atomic mass is 9.95. The Bertz CT molecular complexity index is 602. The van der Waals surface area contributed by atoms with Crippen molar-refractivity contribution in [1.29, 1.82) is 0 Å². The van der Waals surface area contributed by atoms with Gasteiger partial charge >= 0.3 is 6.03 Å². The Morgan fingerprint density at radius 2 is 1.96 bits per heavy atom. The van der Waals surface area contributed by atoms with Crippen molar-refractivity contribution >= 4 is 11.9 Å². The molecule has 0 saturated carbocycles. The molecule has 2 N–H and O–H groups in total. The average molecular weight is 365 g/mol. The molecule has 2 saturated heterocycles. The number of nitrogens with one attached hydrogen (secondary N) is 1. The van der Waals surface area contributed by atoms with Crippen LogP contribution in [0.1, 0.15) is 19.3 Å². The topological polar surface area (TPSA) is 99.9 Å². The van der Waals surface area contributed by atoms with E-state index < -0.39 is 5.60 Å². The second kappa shape index (κ2) is 8.50. The molecule has 2 aliphatic rings. The van der Waals surface area contributed by atoms with Gasteiger partial charge in [0.05, 0.1) is 25.1 Å². The average Bonchev–Trinajstić information content (AvgIpc) is 3.08. The van der Waals surface area contributed by atoms with Crippen LogP contribution in [0, 0.1) is 0 Å². The molecule has 0 bridgehead atoms. The van der Waals surface area contributed by atoms with Gasteiger partial charge < -0.3 is 29.5 Å². The molecule has 26 heavy (non-hydrogen) atoms. The molecule has 9 heteroatoms. The minimum atomic E-state index is -0.980. The summed E-state index contributed by atoms with van der Waals surface area (Å²) in [6.07, 6.45) is 6.74. The molecule has 2 fully saturated rings. The molecule has 3 rings (SSSR count). The molecule has 1 aromatic rings. The van der Waals surface area contributed by atoms with E-state index in [1.807, 2.05) is 0 Å². The smallest absolute Gasteiger partial charge is 0.317 e. The monoisotopic (exact) mass is 365 g/mol. The number of amides is 3. The van der Waals surface area contributed by atoms with Crippen LogP contribution in [0.25, 0.3) is 0 Å². The van der Waals surface area contributed by atoms with E-state index in [1.54, 1.807) is 33.1 Å². The van der Waals surface area contributed by atoms with Crippen molar-refractivity contribution in [3.05, 3.63) is 18.7 Å². The Morgan fingerprint density at radius 1 is 1.15 bits per heavy atom. The standard InChI is InChI=1S/C17H27N5O4/c23-15(12-20-7-4-18-14-20)21-5-1-2-17(25,3-6-21)13-19-16(24)22-8-10-26-11-9-22/h4,7,14,25H,1-3,5-6,8-13H2,(H,19,24)/t17-/m0/s1. The number of carbonyl (C=O) groups excluding carboxylic acids is 2. The number of morpholine rings is 1. The lowest BCUT2D eigenvalue weighted by molar-refractivity contribution is -0.131. The van der Waals surface area contributed by atoms with Crippen LogP contribution in [0.5, 0.6) is 0 Å². The Hall–Kier alpha value is -2.13. The van der Waals surface area contributed by atoms with Gasteiger partial charge in [0.1, 0.15) is 6.54 Å². The molecule has 1 aromatic heterocycles. The maximum absolute atomic E-state index is 12.4. The Labute approximate surface area is 152 Å². The molecule has 144 valence electrons. The van der Waals surface area contributed by atoms with E-state index >= 15 is 0 Å². The van der Waals surface area contributed by atoms with Crippen molar-refractivity contribution < 1.29 is 19.4 Å². The highest BCUT2D eigenvalue weighted by Gasteiger charge is 2.32. The van der Waals surface area contributed by atoms with E-state index in [4.69, 9.17) is 4.74 Å². The van der Waals surface area contributed by atoms with E-state index in [1.165, 1.54) is 0 Å². The van der Waals surface area contributed by atoms with Crippen LogP contribution in [0.3, 0.4) is 0 Å². The molecule has 0 spiro atoms. The zero-order valence-electron chi connectivity index (χ0n) is 15.0. The molecule has 3 heterocycles. The highest BCUT2D eigenvalue weighted by Crippen LogP contribution is 2.22. The summed E-state index contributed by atoms with van der Waals surface area (Å²) in [5, 5.41) is 13.7. The van der Waals surface area contributed by atoms with Crippen molar-refractivity contribution in [2.24, 2.45) is 0 Å². The third-order valence-corrected chi connectivity index (χ3v) is 5.01. The maximum atomic E-state index is 12.4. The lowest BCUT2D eigenvalue weighted by Crippen LogP contribution is -2.51. The van der Waals surface area contributed by atoms with Gasteiger partial charge in [-0.1, -0.05) is 0 Å². The SMILES string of the molecule is O=C(Cn1ccnc1)N1CCC[C@@](O)(CNC(=O)N2CCOCC2)CC1. The summed E-state index contributed by atoms with van der Waals surface area (Å²) in [4.78, 5) is 32.0. The van der Waals surface area contributed by atoms with E-state index in [-0.39, 0.29) is 25.0 Å². The van der Waals surface area contributed by atoms with Gasteiger partial charge in [0.2, 0.25) is 5.91 Å². The number of nitrogens with zero attached hydrogens (tertiary/aromatic N) is 4. The molecule has 2 aliphatic heterocycles. The van der Waals surface area contributed by atoms with Crippen LogP contribution >= 0.6 is 0 Å². The highest BCUT2D eigenvalue weighted by atomic mass is 16.5. The van der Waals surface area contributed by atoms with Crippen molar-refractivity contribution in [3.8, 4) is 0 Å². The molecule has 9 nitrogen and oxygen atoms in total. The predicted molar refractivity (Wildman–Crippen MR) is 93.4 cm³/mol. The Kier molecular flexibility index (Phi) is 6.10. The molecule has 0 aliphatic carbocycles. The summed E-state index contributed by atoms with van der Waals surface area (Å²) in [7, 11) is 0. The van der Waals surface area contributed by atoms with E-state index in [2.05, 4.69) is 10.3 Å². The minimum Gasteiger partial charge on any atom is -0.388 e. The fourth-order valence-corrected chi connectivity index (χ4v) is 3.36. The first kappa shape index (κ1) is 18.7. The van der Waals surface area contributed by atoms with Gasteiger partial charge in [-0.05, 0) is 19.3 Å². The van der Waals surface area contributed by atoms with Crippen LogP contribution in [0.2, 0.25) is 0 Å². The van der Waals surface area contributed by atoms with Crippen molar-refractivity contribution in [2.75, 3.05) is 45.9 Å². The van der Waals surface area contributed by atoms with Gasteiger partial charge in [-0.2, -0.15) is 0 Å². The number of urea groups is 1. The van der Waals surface area contributed by atoms with Gasteiger partial charge in [-0.25, -0.2) is 9.78 Å². The first-order valence-electron chi connectivity index (χ1n) is 9.12. The number of ether oxygens (including phenoxy) is 1. The third-order valence-electron chi connectivity index (χ3n) is 5.01. The second-order valence-corrected chi connectivity index (χ2v) is 6.95. The number of rotatable bonds is 4. The second-order valence-electron chi connectivity index (χ2n) is 6.95. The Morgan fingerprint density at radius 3 is 2.69 bits per heavy atom. The zero-order valence-corrected chi connectivity index (χ0v) is 15.0. The minimum absolute atomic E-state index is 0.0182. The van der Waals surface area contributed by atoms with Crippen LogP contribution in [0.4, 0.5) is 4.79 Å². The van der Waals surface area contributed by atoms with Crippen LogP contribution < -0.4 is 5.32 Å². The largest absolute Gasteiger partial charge is 0.388 e. The van der Waals surface area contributed by atoms with Gasteiger partial charge in [0.15, 0.2) is 0 Å². The van der Waals surface area contributed by atoms with Crippen LogP contribution in [-0.2, 0) is 16.1 Å². The van der Waals surface area contributed by atoms with E-state index in [0.717, 1.165) is 0 Å². The molecule has 3 amide bonds.